The van der Waals surface area contributed by atoms with E-state index in [0.717, 1.165) is 24.1 Å². The molecule has 3 heterocycles. The molecule has 7 aliphatic carbocycles. The zero-order valence-corrected chi connectivity index (χ0v) is 42.3. The summed E-state index contributed by atoms with van der Waals surface area (Å²) in [6.07, 6.45) is 6.00. The molecule has 1 amide bonds. The van der Waals surface area contributed by atoms with Crippen LogP contribution in [-0.4, -0.2) is 138 Å². The highest BCUT2D eigenvalue weighted by molar-refractivity contribution is 5.86. The molecule has 10 rings (SSSR count). The molecule has 394 valence electrons. The highest BCUT2D eigenvalue weighted by atomic mass is 16.7. The number of aliphatic hydroxyl groups is 7. The molecule has 0 aromatic carbocycles. The largest absolute Gasteiger partial charge is 0.481 e. The van der Waals surface area contributed by atoms with Crippen LogP contribution in [0.15, 0.2) is 24.2 Å². The van der Waals surface area contributed by atoms with Crippen molar-refractivity contribution < 1.29 is 59.9 Å². The summed E-state index contributed by atoms with van der Waals surface area (Å²) < 4.78 is 12.7. The maximum atomic E-state index is 14.9. The highest BCUT2D eigenvalue weighted by Gasteiger charge is 2.75. The molecule has 16 heteroatoms. The summed E-state index contributed by atoms with van der Waals surface area (Å²) in [6.45, 7) is 7.58. The number of nitrogens with one attached hydrogen (secondary N) is 2. The van der Waals surface area contributed by atoms with Crippen LogP contribution < -0.4 is 11.1 Å². The predicted octanol–water partition coefficient (Wildman–Crippen LogP) is 3.66. The third-order valence-electron chi connectivity index (χ3n) is 22.7. The van der Waals surface area contributed by atoms with Gasteiger partial charge in [-0.2, -0.15) is 0 Å². The number of hydrogen-bond acceptors (Lipinski definition) is 13. The van der Waals surface area contributed by atoms with Crippen LogP contribution in [0, 0.1) is 79.3 Å². The van der Waals surface area contributed by atoms with E-state index in [1.165, 1.54) is 0 Å². The predicted molar refractivity (Wildman–Crippen MR) is 259 cm³/mol. The maximum absolute atomic E-state index is 14.9. The SMILES string of the molecule is CC1(CO)CCC2(C(=O)O)CCC34CCC#CC(N)CCC(c5cnc[nH]5)C5NC(=O)C6(CCCC6)C5CC5C(O)C(OC6OCC(O)C(O)C6O)C(C)(C(O)CO)C6CCC3(C)C(CC=C4C2C1)C56C. The summed E-state index contributed by atoms with van der Waals surface area (Å²) in [5.74, 6) is 4.15. The number of fused-ring (bicyclic) bond motifs is 4. The molecule has 4 bridgehead atoms. The molecule has 21 unspecified atom stereocenters. The fraction of sp³-hybridized carbons (Fsp3) is 0.836. The van der Waals surface area contributed by atoms with Crippen LogP contribution in [0.4, 0.5) is 0 Å². The van der Waals surface area contributed by atoms with Gasteiger partial charge in [-0.15, -0.1) is 5.92 Å². The minimum atomic E-state index is -1.69. The number of hydrogen-bond donors (Lipinski definition) is 11. The lowest BCUT2D eigenvalue weighted by Gasteiger charge is -2.74. The molecule has 2 aliphatic heterocycles. The number of carbonyl (C=O) groups is 2. The van der Waals surface area contributed by atoms with E-state index in [4.69, 9.17) is 15.2 Å². The molecule has 1 aromatic rings. The third-order valence-corrected chi connectivity index (χ3v) is 22.7. The van der Waals surface area contributed by atoms with Crippen LogP contribution in [0.3, 0.4) is 0 Å². The summed E-state index contributed by atoms with van der Waals surface area (Å²) in [4.78, 5) is 36.5. The molecule has 5 saturated carbocycles. The lowest BCUT2D eigenvalue weighted by atomic mass is 9.30. The van der Waals surface area contributed by atoms with Crippen LogP contribution >= 0.6 is 0 Å². The monoisotopic (exact) mass is 991 g/mol. The second-order valence-corrected chi connectivity index (χ2v) is 25.4. The standard InChI is InChI=1S/C55H82N4O12/c1-49(28-61)19-20-54(48(68)69)21-22-55-17-6-5-9-30(56)10-11-31(36-25-57-29-58-36)41-33(53(47(67)59-41)15-7-8-16-53)23-34-42(64)45(71-46-44(66)43(65)37(62)27-70-46)52(4,40(63)26-60)39-14-18-50(55,2)38(51(34,39)3)13-12-32(55)35(54)24-49/h12,25,29-31,33-35,37-46,60-66H,6-8,10-11,13-24,26-28,56H2,1-4H3,(H,57,58)(H,59,67)(H,68,69). The van der Waals surface area contributed by atoms with Gasteiger partial charge in [0.05, 0.1) is 54.7 Å². The topological polar surface area (TPSA) is 281 Å². The van der Waals surface area contributed by atoms with Crippen molar-refractivity contribution in [3.05, 3.63) is 29.9 Å². The Balaban J connectivity index is 1.19. The van der Waals surface area contributed by atoms with E-state index in [1.54, 1.807) is 6.33 Å². The van der Waals surface area contributed by atoms with Crippen molar-refractivity contribution in [2.75, 3.05) is 19.8 Å². The number of carboxylic acid groups (broad SMARTS) is 1. The fourth-order valence-corrected chi connectivity index (χ4v) is 18.7. The van der Waals surface area contributed by atoms with Gasteiger partial charge in [-0.25, -0.2) is 4.98 Å². The summed E-state index contributed by atoms with van der Waals surface area (Å²) in [5.41, 5.74) is 3.53. The molecular formula is C55H82N4O12. The first-order valence-electron chi connectivity index (χ1n) is 27.1. The number of aliphatic hydroxyl groups excluding tert-OH is 7. The van der Waals surface area contributed by atoms with Gasteiger partial charge < -0.3 is 66.4 Å². The Bertz CT molecular complexity index is 2260. The van der Waals surface area contributed by atoms with Crippen molar-refractivity contribution >= 4 is 11.9 Å². The molecule has 2 saturated heterocycles. The van der Waals surface area contributed by atoms with Gasteiger partial charge in [0.2, 0.25) is 5.91 Å². The van der Waals surface area contributed by atoms with E-state index in [1.807, 2.05) is 13.1 Å². The Kier molecular flexibility index (Phi) is 13.4. The van der Waals surface area contributed by atoms with Gasteiger partial charge in [0.25, 0.3) is 0 Å². The molecule has 0 radical (unpaired) electrons. The highest BCUT2D eigenvalue weighted by Crippen LogP contribution is 2.79. The van der Waals surface area contributed by atoms with E-state index in [0.29, 0.717) is 96.3 Å². The number of aliphatic carboxylic acids is 1. The molecule has 16 nitrogen and oxygen atoms in total. The minimum Gasteiger partial charge on any atom is -0.481 e. The van der Waals surface area contributed by atoms with Gasteiger partial charge in [0, 0.05) is 42.3 Å². The zero-order chi connectivity index (χ0) is 50.7. The number of imidazole rings is 1. The van der Waals surface area contributed by atoms with Crippen LogP contribution in [0.25, 0.3) is 0 Å². The Labute approximate surface area is 418 Å². The van der Waals surface area contributed by atoms with Crippen molar-refractivity contribution in [2.45, 2.75) is 198 Å². The van der Waals surface area contributed by atoms with Gasteiger partial charge in [-0.1, -0.05) is 58.1 Å². The lowest BCUT2D eigenvalue weighted by Crippen LogP contribution is -2.74. The van der Waals surface area contributed by atoms with E-state index in [-0.39, 0.29) is 48.8 Å². The van der Waals surface area contributed by atoms with Crippen molar-refractivity contribution in [2.24, 2.45) is 73.2 Å². The first-order valence-corrected chi connectivity index (χ1v) is 27.1. The summed E-state index contributed by atoms with van der Waals surface area (Å²) in [7, 11) is 0. The Morgan fingerprint density at radius 3 is 2.38 bits per heavy atom. The van der Waals surface area contributed by atoms with Gasteiger partial charge in [0.1, 0.15) is 18.3 Å². The first-order chi connectivity index (χ1) is 33.7. The quantitative estimate of drug-likeness (QED) is 0.106. The molecule has 9 aliphatic rings. The van der Waals surface area contributed by atoms with Crippen molar-refractivity contribution in [3.8, 4) is 11.8 Å². The number of allylic oxidation sites excluding steroid dienone is 2. The first kappa shape index (κ1) is 51.5. The number of amides is 1. The summed E-state index contributed by atoms with van der Waals surface area (Å²) >= 11 is 0. The fourth-order valence-electron chi connectivity index (χ4n) is 18.7. The maximum Gasteiger partial charge on any atom is 0.310 e. The third kappa shape index (κ3) is 7.46. The Hall–Kier alpha value is -2.95. The zero-order valence-electron chi connectivity index (χ0n) is 42.3. The van der Waals surface area contributed by atoms with Gasteiger partial charge in [0.15, 0.2) is 6.29 Å². The molecule has 2 spiro atoms. The number of nitrogens with two attached hydrogens (primary N) is 1. The minimum absolute atomic E-state index is 0.00676. The number of rotatable bonds is 7. The summed E-state index contributed by atoms with van der Waals surface area (Å²) in [5, 5.41) is 95.8. The second kappa shape index (κ2) is 18.4. The van der Waals surface area contributed by atoms with E-state index in [2.05, 4.69) is 54.0 Å². The van der Waals surface area contributed by atoms with E-state index >= 15 is 0 Å². The van der Waals surface area contributed by atoms with Crippen LogP contribution in [0.1, 0.15) is 148 Å². The number of ether oxygens (including phenoxy) is 2. The van der Waals surface area contributed by atoms with E-state index in [9.17, 15) is 50.4 Å². The number of H-pyrrole nitrogens is 1. The molecule has 71 heavy (non-hydrogen) atoms. The average Bonchev–Trinajstić information content (AvgIpc) is 4.13. The molecule has 1 aromatic heterocycles. The average molecular weight is 991 g/mol. The number of carboxylic acids is 1. The van der Waals surface area contributed by atoms with Crippen LogP contribution in [0.2, 0.25) is 0 Å². The van der Waals surface area contributed by atoms with Gasteiger partial charge in [-0.3, -0.25) is 9.59 Å². The number of carbonyl (C=O) groups excluding carboxylic acids is 1. The number of aromatic nitrogens is 2. The molecule has 21 atom stereocenters. The van der Waals surface area contributed by atoms with E-state index < -0.39 is 111 Å². The van der Waals surface area contributed by atoms with Crippen LogP contribution in [0.5, 0.6) is 0 Å². The summed E-state index contributed by atoms with van der Waals surface area (Å²) in [6, 6.07) is -0.835. The molecule has 7 fully saturated rings. The Morgan fingerprint density at radius 2 is 1.69 bits per heavy atom. The molecule has 12 N–H and O–H groups in total. The lowest BCUT2D eigenvalue weighted by molar-refractivity contribution is -0.348. The number of nitrogens with zero attached hydrogens (tertiary/aromatic N) is 1. The Morgan fingerprint density at radius 1 is 0.944 bits per heavy atom. The van der Waals surface area contributed by atoms with Crippen molar-refractivity contribution in [1.29, 1.82) is 0 Å². The number of aromatic amines is 1. The van der Waals surface area contributed by atoms with Crippen molar-refractivity contribution in [3.63, 3.8) is 0 Å². The molecular weight excluding hydrogens is 909 g/mol. The smallest absolute Gasteiger partial charge is 0.310 e. The normalized spacial score (nSPS) is 49.8. The van der Waals surface area contributed by atoms with Gasteiger partial charge in [-0.05, 0) is 141 Å². The van der Waals surface area contributed by atoms with Crippen LogP contribution in [-0.2, 0) is 19.1 Å². The van der Waals surface area contributed by atoms with Gasteiger partial charge >= 0.3 is 5.97 Å². The second-order valence-electron chi connectivity index (χ2n) is 25.4. The van der Waals surface area contributed by atoms with Crippen molar-refractivity contribution in [1.82, 2.24) is 15.3 Å².